The standard InChI is InChI=1S/C116H144/c1-5-9-13-17-21-25-29-33-37-41-45-49-53-97-101-73-65-89-57-59-91-67-75-103-98(54-50-46-42-38-34-30-26-22-18-14-10-6-2)105-77-69-93(85-113(105)111(103)83-91)61-63-95-71-79-107-100(56-52-48-44-40-36-32-28-24-20-16-12-8-4)108-80-72-96(88-116(108)115(107)87-95)64-62-94-70-78-106-99(55-51-47-43-39-35-31-27-23-19-15-11-7-3)104-76-68-92(84-112(104)114(106)86-94)60-58-90-66-74-102(97)110(82-90)109(101)81-89/h65-88,97-100H,5-56H2,1-4H3. The predicted molar refractivity (Wildman–Crippen MR) is 502 cm³/mol. The molecule has 16 bridgehead atoms. The number of unbranched alkanes of at least 4 members (excludes halogenated alkanes) is 44. The fourth-order valence-corrected chi connectivity index (χ4v) is 20.6. The molecule has 8 aromatic rings. The van der Waals surface area contributed by atoms with Crippen molar-refractivity contribution in [2.75, 3.05) is 0 Å². The van der Waals surface area contributed by atoms with Gasteiger partial charge in [0.1, 0.15) is 0 Å². The average molecular weight is 1540 g/mol. The van der Waals surface area contributed by atoms with Gasteiger partial charge in [-0.1, -0.05) is 432 Å². The summed E-state index contributed by atoms with van der Waals surface area (Å²) in [6, 6.07) is 57.4. The summed E-state index contributed by atoms with van der Waals surface area (Å²) in [5.41, 5.74) is 30.9. The Hall–Kier alpha value is -8.00. The first kappa shape index (κ1) is 85.9. The van der Waals surface area contributed by atoms with Crippen molar-refractivity contribution in [1.82, 2.24) is 0 Å². The Labute approximate surface area is 707 Å². The molecule has 0 radical (unpaired) electrons. The fourth-order valence-electron chi connectivity index (χ4n) is 20.6. The third-order valence-corrected chi connectivity index (χ3v) is 27.4. The van der Waals surface area contributed by atoms with Crippen molar-refractivity contribution in [2.45, 2.75) is 385 Å². The lowest BCUT2D eigenvalue weighted by atomic mass is 9.90. The van der Waals surface area contributed by atoms with Crippen molar-refractivity contribution >= 4 is 0 Å². The minimum atomic E-state index is 0.371. The molecule has 5 aliphatic rings. The van der Waals surface area contributed by atoms with E-state index < -0.39 is 0 Å². The van der Waals surface area contributed by atoms with Gasteiger partial charge in [-0.2, -0.15) is 0 Å². The highest BCUT2D eigenvalue weighted by Crippen LogP contribution is 2.52. The van der Waals surface area contributed by atoms with Crippen LogP contribution >= 0.6 is 0 Å². The highest BCUT2D eigenvalue weighted by molar-refractivity contribution is 5.85. The Kier molecular flexibility index (Phi) is 34.8. The minimum Gasteiger partial charge on any atom is -0.0654 e. The monoisotopic (exact) mass is 1540 g/mol. The third-order valence-electron chi connectivity index (χ3n) is 27.4. The van der Waals surface area contributed by atoms with Gasteiger partial charge in [-0.25, -0.2) is 0 Å². The zero-order chi connectivity index (χ0) is 79.6. The molecule has 0 nitrogen and oxygen atoms in total. The molecule has 0 atom stereocenters. The molecule has 13 rings (SSSR count). The van der Waals surface area contributed by atoms with E-state index in [0.717, 1.165) is 44.5 Å². The normalized spacial score (nSPS) is 15.1. The Morgan fingerprint density at radius 3 is 0.379 bits per heavy atom. The number of rotatable bonds is 52. The summed E-state index contributed by atoms with van der Waals surface area (Å²) in [5, 5.41) is 0. The summed E-state index contributed by atoms with van der Waals surface area (Å²) in [6.45, 7) is 9.27. The molecule has 0 amide bonds. The quantitative estimate of drug-likeness (QED) is 0.0263. The second-order valence-corrected chi connectivity index (χ2v) is 36.3. The molecule has 5 aliphatic carbocycles. The van der Waals surface area contributed by atoms with Gasteiger partial charge in [-0.3, -0.25) is 0 Å². The van der Waals surface area contributed by atoms with Gasteiger partial charge in [0, 0.05) is 68.2 Å². The van der Waals surface area contributed by atoms with Crippen LogP contribution in [0.15, 0.2) is 146 Å². The van der Waals surface area contributed by atoms with Gasteiger partial charge in [0.2, 0.25) is 0 Å². The average Bonchev–Trinajstić information content (AvgIpc) is 1.62. The zero-order valence-electron chi connectivity index (χ0n) is 72.9. The molecule has 0 unspecified atom stereocenters. The molecule has 0 spiro atoms. The van der Waals surface area contributed by atoms with Gasteiger partial charge in [0.25, 0.3) is 0 Å². The lowest BCUT2D eigenvalue weighted by Crippen LogP contribution is -1.97. The van der Waals surface area contributed by atoms with Gasteiger partial charge >= 0.3 is 0 Å². The van der Waals surface area contributed by atoms with Crippen LogP contribution in [0.2, 0.25) is 0 Å². The van der Waals surface area contributed by atoms with Crippen LogP contribution in [0.1, 0.15) is 474 Å². The second-order valence-electron chi connectivity index (χ2n) is 36.3. The van der Waals surface area contributed by atoms with E-state index in [1.165, 1.54) is 423 Å². The molecule has 0 saturated heterocycles. The number of hydrogen-bond donors (Lipinski definition) is 0. The molecule has 0 heterocycles. The van der Waals surface area contributed by atoms with Crippen LogP contribution in [-0.4, -0.2) is 0 Å². The maximum Gasteiger partial charge on any atom is 0.0255 e. The third kappa shape index (κ3) is 24.1. The van der Waals surface area contributed by atoms with Crippen molar-refractivity contribution in [1.29, 1.82) is 0 Å². The second kappa shape index (κ2) is 47.0. The largest absolute Gasteiger partial charge is 0.0654 e. The molecule has 8 aromatic carbocycles. The first-order valence-corrected chi connectivity index (χ1v) is 48.7. The van der Waals surface area contributed by atoms with Gasteiger partial charge in [-0.05, 0) is 212 Å². The molecular formula is C116H144. The van der Waals surface area contributed by atoms with Crippen LogP contribution in [0.4, 0.5) is 0 Å². The fraction of sp³-hybridized carbons (Fsp3) is 0.517. The van der Waals surface area contributed by atoms with E-state index in [1.807, 2.05) is 0 Å². The summed E-state index contributed by atoms with van der Waals surface area (Å²) in [5.74, 6) is 31.6. The van der Waals surface area contributed by atoms with Crippen LogP contribution in [0.3, 0.4) is 0 Å². The van der Waals surface area contributed by atoms with Gasteiger partial charge in [0.15, 0.2) is 0 Å². The maximum atomic E-state index is 3.76. The summed E-state index contributed by atoms with van der Waals surface area (Å²) in [4.78, 5) is 0. The summed E-state index contributed by atoms with van der Waals surface area (Å²) in [6.07, 6.45) is 70.2. The van der Waals surface area contributed by atoms with Crippen LogP contribution in [0.25, 0.3) is 44.5 Å². The van der Waals surface area contributed by atoms with E-state index in [1.54, 1.807) is 0 Å². The Morgan fingerprint density at radius 1 is 0.147 bits per heavy atom. The van der Waals surface area contributed by atoms with Crippen LogP contribution in [0, 0.1) is 47.4 Å². The topological polar surface area (TPSA) is 0 Å². The lowest BCUT2D eigenvalue weighted by molar-refractivity contribution is 0.534. The summed E-state index contributed by atoms with van der Waals surface area (Å²) >= 11 is 0. The molecule has 608 valence electrons. The number of fused-ring (bicyclic) bond motifs is 8. The first-order chi connectivity index (χ1) is 57.5. The Balaban J connectivity index is 0.808. The Bertz CT molecular complexity index is 3870. The molecular weight excluding hydrogens is 1390 g/mol. The highest BCUT2D eigenvalue weighted by atomic mass is 14.4. The van der Waals surface area contributed by atoms with E-state index in [4.69, 9.17) is 0 Å². The van der Waals surface area contributed by atoms with E-state index in [-0.39, 0.29) is 0 Å². The Morgan fingerprint density at radius 2 is 0.259 bits per heavy atom. The highest BCUT2D eigenvalue weighted by Gasteiger charge is 2.33. The van der Waals surface area contributed by atoms with Crippen molar-refractivity contribution in [3.05, 3.63) is 235 Å². The summed E-state index contributed by atoms with van der Waals surface area (Å²) < 4.78 is 0. The maximum absolute atomic E-state index is 3.76. The molecule has 0 N–H and O–H groups in total. The van der Waals surface area contributed by atoms with E-state index in [9.17, 15) is 0 Å². The zero-order valence-corrected chi connectivity index (χ0v) is 72.9. The first-order valence-electron chi connectivity index (χ1n) is 48.7. The van der Waals surface area contributed by atoms with Gasteiger partial charge in [-0.15, -0.1) is 0 Å². The van der Waals surface area contributed by atoms with Gasteiger partial charge < -0.3 is 0 Å². The molecule has 0 heteroatoms. The van der Waals surface area contributed by atoms with Crippen molar-refractivity contribution in [3.63, 3.8) is 0 Å². The van der Waals surface area contributed by atoms with E-state index in [0.29, 0.717) is 23.7 Å². The molecule has 0 saturated carbocycles. The van der Waals surface area contributed by atoms with Crippen LogP contribution in [-0.2, 0) is 0 Å². The molecule has 0 aromatic heterocycles. The van der Waals surface area contributed by atoms with Crippen LogP contribution < -0.4 is 0 Å². The SMILES string of the molecule is CCCCCCCCCCCCCCC1c2ccc3cc2-c2cc(ccc21)C#Cc1ccc2c(c1)-c1cc(ccc1C2CCCCCCCCCCCCCC)C#Cc1ccc2c(c1)-c1cc(ccc1C2CCCCCCCCCCCCCC)C#Cc1ccc2c(c1)-c1cc(ccc1C2CCCCCCCCCCCCCC)C#C3. The molecule has 116 heavy (non-hydrogen) atoms. The van der Waals surface area contributed by atoms with Crippen molar-refractivity contribution in [3.8, 4) is 91.9 Å². The van der Waals surface area contributed by atoms with Crippen molar-refractivity contribution < 1.29 is 0 Å². The smallest absolute Gasteiger partial charge is 0.0255 e. The minimum absolute atomic E-state index is 0.371. The van der Waals surface area contributed by atoms with E-state index >= 15 is 0 Å². The van der Waals surface area contributed by atoms with E-state index in [2.05, 4.69) is 221 Å². The predicted octanol–water partition coefficient (Wildman–Crippen LogP) is 34.4. The van der Waals surface area contributed by atoms with Crippen molar-refractivity contribution in [2.24, 2.45) is 0 Å². The summed E-state index contributed by atoms with van der Waals surface area (Å²) in [7, 11) is 0. The number of hydrogen-bond acceptors (Lipinski definition) is 0. The molecule has 0 fully saturated rings. The lowest BCUT2D eigenvalue weighted by Gasteiger charge is -2.14. The molecule has 0 aliphatic heterocycles. The van der Waals surface area contributed by atoms with Gasteiger partial charge in [0.05, 0.1) is 0 Å². The van der Waals surface area contributed by atoms with Crippen LogP contribution in [0.5, 0.6) is 0 Å². The number of benzene rings is 8.